The van der Waals surface area contributed by atoms with Crippen LogP contribution in [-0.2, 0) is 10.2 Å². The molecule has 25 heavy (non-hydrogen) atoms. The summed E-state index contributed by atoms with van der Waals surface area (Å²) in [7, 11) is 0. The molecule has 0 radical (unpaired) electrons. The van der Waals surface area contributed by atoms with Gasteiger partial charge in [0.05, 0.1) is 13.2 Å². The largest absolute Gasteiger partial charge is 0.492 e. The smallest absolute Gasteiger partial charge is 0.317 e. The summed E-state index contributed by atoms with van der Waals surface area (Å²) in [4.78, 5) is 12.9. The van der Waals surface area contributed by atoms with Crippen molar-refractivity contribution >= 4 is 17.3 Å². The number of carboxylic acid groups (broad SMARTS) is 1. The van der Waals surface area contributed by atoms with Gasteiger partial charge in [0.2, 0.25) is 0 Å². The first-order valence-corrected chi connectivity index (χ1v) is 8.68. The highest BCUT2D eigenvalue weighted by Gasteiger charge is 2.43. The molecule has 2 aromatic carbocycles. The molecule has 130 valence electrons. The molecule has 0 saturated carbocycles. The quantitative estimate of drug-likeness (QED) is 0.896. The highest BCUT2D eigenvalue weighted by molar-refractivity contribution is 5.69. The molecule has 2 N–H and O–H groups in total. The molecule has 2 heterocycles. The number of hydrogen-bond acceptors (Lipinski definition) is 4. The maximum absolute atomic E-state index is 10.9. The third-order valence-electron chi connectivity index (χ3n) is 5.29. The van der Waals surface area contributed by atoms with Gasteiger partial charge in [0.1, 0.15) is 5.75 Å². The van der Waals surface area contributed by atoms with Gasteiger partial charge in [-0.15, -0.1) is 0 Å². The van der Waals surface area contributed by atoms with E-state index in [0.29, 0.717) is 6.61 Å². The van der Waals surface area contributed by atoms with E-state index in [1.165, 1.54) is 5.56 Å². The highest BCUT2D eigenvalue weighted by atomic mass is 16.5. The number of nitrogens with zero attached hydrogens (tertiary/aromatic N) is 1. The van der Waals surface area contributed by atoms with Gasteiger partial charge in [0, 0.05) is 22.4 Å². The molecule has 0 aliphatic carbocycles. The molecule has 2 aromatic rings. The number of nitrogens with one attached hydrogen (secondary N) is 1. The van der Waals surface area contributed by atoms with Crippen LogP contribution in [-0.4, -0.2) is 42.2 Å². The fourth-order valence-corrected chi connectivity index (χ4v) is 3.87. The van der Waals surface area contributed by atoms with Gasteiger partial charge in [-0.25, -0.2) is 0 Å². The molecule has 4 rings (SSSR count). The lowest BCUT2D eigenvalue weighted by Gasteiger charge is -2.38. The summed E-state index contributed by atoms with van der Waals surface area (Å²) >= 11 is 0. The minimum Gasteiger partial charge on any atom is -0.492 e. The predicted octanol–water partition coefficient (Wildman–Crippen LogP) is 3.24. The molecule has 5 nitrogen and oxygen atoms in total. The van der Waals surface area contributed by atoms with Crippen LogP contribution in [0.15, 0.2) is 48.5 Å². The molecule has 1 fully saturated rings. The van der Waals surface area contributed by atoms with Crippen LogP contribution in [0.3, 0.4) is 0 Å². The number of carboxylic acids is 1. The van der Waals surface area contributed by atoms with E-state index in [1.54, 1.807) is 0 Å². The number of fused-ring (bicyclic) bond motifs is 2. The van der Waals surface area contributed by atoms with Crippen LogP contribution in [0.1, 0.15) is 18.4 Å². The summed E-state index contributed by atoms with van der Waals surface area (Å²) in [5, 5.41) is 12.4. The molecule has 2 aliphatic heterocycles. The van der Waals surface area contributed by atoms with Crippen LogP contribution < -0.4 is 10.1 Å². The van der Waals surface area contributed by atoms with Crippen molar-refractivity contribution in [3.8, 4) is 5.75 Å². The van der Waals surface area contributed by atoms with Crippen LogP contribution in [0.4, 0.5) is 11.4 Å². The molecule has 5 heteroatoms. The Morgan fingerprint density at radius 3 is 2.60 bits per heavy atom. The van der Waals surface area contributed by atoms with Gasteiger partial charge in [-0.1, -0.05) is 18.2 Å². The number of likely N-dealkylation sites (tertiary alicyclic amines) is 1. The third-order valence-corrected chi connectivity index (χ3v) is 5.29. The Bertz CT molecular complexity index is 768. The zero-order valence-corrected chi connectivity index (χ0v) is 14.1. The van der Waals surface area contributed by atoms with Crippen molar-refractivity contribution in [3.05, 3.63) is 54.1 Å². The van der Waals surface area contributed by atoms with E-state index in [2.05, 4.69) is 11.4 Å². The summed E-state index contributed by atoms with van der Waals surface area (Å²) in [5.41, 5.74) is 3.39. The lowest BCUT2D eigenvalue weighted by Crippen LogP contribution is -2.45. The second-order valence-corrected chi connectivity index (χ2v) is 6.94. The summed E-state index contributed by atoms with van der Waals surface area (Å²) in [6, 6.07) is 16.4. The molecular weight excluding hydrogens is 316 g/mol. The Hall–Kier alpha value is -2.53. The minimum atomic E-state index is -0.756. The van der Waals surface area contributed by atoms with Crippen molar-refractivity contribution in [2.24, 2.45) is 0 Å². The Kier molecular flexibility index (Phi) is 4.09. The third kappa shape index (κ3) is 3.20. The maximum Gasteiger partial charge on any atom is 0.317 e. The van der Waals surface area contributed by atoms with Crippen LogP contribution >= 0.6 is 0 Å². The van der Waals surface area contributed by atoms with E-state index in [0.717, 1.165) is 43.1 Å². The molecule has 2 aliphatic rings. The van der Waals surface area contributed by atoms with E-state index in [4.69, 9.17) is 9.84 Å². The second-order valence-electron chi connectivity index (χ2n) is 6.94. The lowest BCUT2D eigenvalue weighted by molar-refractivity contribution is -0.138. The van der Waals surface area contributed by atoms with Gasteiger partial charge in [-0.2, -0.15) is 0 Å². The summed E-state index contributed by atoms with van der Waals surface area (Å²) < 4.78 is 5.95. The Labute approximate surface area is 147 Å². The van der Waals surface area contributed by atoms with Gasteiger partial charge in [-0.05, 0) is 56.3 Å². The summed E-state index contributed by atoms with van der Waals surface area (Å²) in [6.45, 7) is 2.41. The van der Waals surface area contributed by atoms with Gasteiger partial charge >= 0.3 is 5.97 Å². The molecule has 1 spiro atoms. The fraction of sp³-hybridized carbons (Fsp3) is 0.350. The molecular formula is C20H22N2O3. The first-order chi connectivity index (χ1) is 12.1. The van der Waals surface area contributed by atoms with Crippen molar-refractivity contribution in [1.82, 2.24) is 4.90 Å². The van der Waals surface area contributed by atoms with Crippen LogP contribution in [0, 0.1) is 0 Å². The van der Waals surface area contributed by atoms with E-state index >= 15 is 0 Å². The number of carbonyl (C=O) groups is 1. The van der Waals surface area contributed by atoms with Crippen molar-refractivity contribution in [2.45, 2.75) is 18.3 Å². The topological polar surface area (TPSA) is 61.8 Å². The number of benzene rings is 2. The SMILES string of the molecule is O=C(O)CN1CCC2(CC1)COc1ccc(Nc3ccccc3)cc12. The van der Waals surface area contributed by atoms with Gasteiger partial charge in [0.25, 0.3) is 0 Å². The minimum absolute atomic E-state index is 0.0126. The standard InChI is InChI=1S/C20H22N2O3/c23-19(24)13-22-10-8-20(9-11-22)14-25-18-7-6-16(12-17(18)20)21-15-4-2-1-3-5-15/h1-7,12,21H,8-11,13-14H2,(H,23,24). The van der Waals surface area contributed by atoms with Gasteiger partial charge in [-0.3, -0.25) is 9.69 Å². The molecule has 0 aromatic heterocycles. The first kappa shape index (κ1) is 16.0. The van der Waals surface area contributed by atoms with Crippen molar-refractivity contribution in [3.63, 3.8) is 0 Å². The number of anilines is 2. The zero-order valence-electron chi connectivity index (χ0n) is 14.1. The summed E-state index contributed by atoms with van der Waals surface area (Å²) in [5.74, 6) is 0.207. The van der Waals surface area contributed by atoms with E-state index in [1.807, 2.05) is 47.4 Å². The number of piperidine rings is 1. The molecule has 1 saturated heterocycles. The first-order valence-electron chi connectivity index (χ1n) is 8.68. The van der Waals surface area contributed by atoms with Crippen LogP contribution in [0.25, 0.3) is 0 Å². The zero-order chi connectivity index (χ0) is 17.3. The molecule has 0 atom stereocenters. The van der Waals surface area contributed by atoms with Crippen molar-refractivity contribution in [1.29, 1.82) is 0 Å². The number of para-hydroxylation sites is 1. The Balaban J connectivity index is 1.53. The van der Waals surface area contributed by atoms with Crippen molar-refractivity contribution in [2.75, 3.05) is 31.6 Å². The maximum atomic E-state index is 10.9. The fourth-order valence-electron chi connectivity index (χ4n) is 3.87. The van der Waals surface area contributed by atoms with Crippen LogP contribution in [0.2, 0.25) is 0 Å². The monoisotopic (exact) mass is 338 g/mol. The second kappa shape index (κ2) is 6.41. The molecule has 0 amide bonds. The summed E-state index contributed by atoms with van der Waals surface area (Å²) in [6.07, 6.45) is 1.87. The number of ether oxygens (including phenoxy) is 1. The van der Waals surface area contributed by atoms with Crippen LogP contribution in [0.5, 0.6) is 5.75 Å². The predicted molar refractivity (Wildman–Crippen MR) is 96.6 cm³/mol. The van der Waals surface area contributed by atoms with Gasteiger partial charge < -0.3 is 15.2 Å². The number of rotatable bonds is 4. The lowest BCUT2D eigenvalue weighted by atomic mass is 9.74. The highest BCUT2D eigenvalue weighted by Crippen LogP contribution is 2.46. The molecule has 0 bridgehead atoms. The average molecular weight is 338 g/mol. The Morgan fingerprint density at radius 1 is 1.12 bits per heavy atom. The molecule has 0 unspecified atom stereocenters. The number of hydrogen-bond donors (Lipinski definition) is 2. The van der Waals surface area contributed by atoms with E-state index in [-0.39, 0.29) is 12.0 Å². The van der Waals surface area contributed by atoms with E-state index < -0.39 is 5.97 Å². The number of aliphatic carboxylic acids is 1. The van der Waals surface area contributed by atoms with Crippen molar-refractivity contribution < 1.29 is 14.6 Å². The van der Waals surface area contributed by atoms with E-state index in [9.17, 15) is 4.79 Å². The Morgan fingerprint density at radius 2 is 1.88 bits per heavy atom. The average Bonchev–Trinajstić information content (AvgIpc) is 2.96. The van der Waals surface area contributed by atoms with Gasteiger partial charge in [0.15, 0.2) is 0 Å². The normalized spacial score (nSPS) is 18.6.